The predicted molar refractivity (Wildman–Crippen MR) is 110 cm³/mol. The number of para-hydroxylation sites is 1. The Balaban J connectivity index is 1.64. The van der Waals surface area contributed by atoms with Crippen LogP contribution >= 0.6 is 0 Å². The Morgan fingerprint density at radius 1 is 1.07 bits per heavy atom. The van der Waals surface area contributed by atoms with Gasteiger partial charge < -0.3 is 15.3 Å². The number of nitrogens with zero attached hydrogens (tertiary/aromatic N) is 2. The molecule has 2 aromatic rings. The van der Waals surface area contributed by atoms with Gasteiger partial charge in [-0.15, -0.1) is 0 Å². The molecule has 2 N–H and O–H groups in total. The molecule has 1 saturated heterocycles. The maximum atomic E-state index is 13.0. The lowest BCUT2D eigenvalue weighted by molar-refractivity contribution is -0.138. The maximum absolute atomic E-state index is 13.0. The summed E-state index contributed by atoms with van der Waals surface area (Å²) in [4.78, 5) is 27.7. The molecular formula is C22H27N3O3. The first-order valence-electron chi connectivity index (χ1n) is 9.66. The third-order valence-corrected chi connectivity index (χ3v) is 5.16. The molecule has 1 atom stereocenters. The molecule has 0 aliphatic carbocycles. The van der Waals surface area contributed by atoms with Crippen molar-refractivity contribution in [1.82, 2.24) is 9.80 Å². The second kappa shape index (κ2) is 9.37. The molecule has 6 heteroatoms. The van der Waals surface area contributed by atoms with E-state index in [-0.39, 0.29) is 18.5 Å². The number of likely N-dealkylation sites (N-methyl/N-ethyl adjacent to an activating group) is 1. The highest BCUT2D eigenvalue weighted by Crippen LogP contribution is 2.21. The normalized spacial score (nSPS) is 17.2. The molecule has 0 radical (unpaired) electrons. The summed E-state index contributed by atoms with van der Waals surface area (Å²) in [6, 6.07) is 17.6. The molecule has 6 nitrogen and oxygen atoms in total. The summed E-state index contributed by atoms with van der Waals surface area (Å²) in [6.45, 7) is 1.38. The molecule has 1 amide bonds. The van der Waals surface area contributed by atoms with Crippen LogP contribution in [0.2, 0.25) is 0 Å². The quantitative estimate of drug-likeness (QED) is 0.802. The first-order chi connectivity index (χ1) is 13.5. The molecule has 0 saturated carbocycles. The van der Waals surface area contributed by atoms with E-state index in [9.17, 15) is 9.59 Å². The molecule has 3 rings (SSSR count). The van der Waals surface area contributed by atoms with Gasteiger partial charge in [0.15, 0.2) is 0 Å². The topological polar surface area (TPSA) is 72.9 Å². The molecule has 1 heterocycles. The molecule has 1 aliphatic rings. The molecule has 1 unspecified atom stereocenters. The van der Waals surface area contributed by atoms with Gasteiger partial charge in [0.25, 0.3) is 5.91 Å². The number of anilines is 2. The minimum atomic E-state index is -0.817. The Kier molecular flexibility index (Phi) is 6.66. The molecule has 1 aliphatic heterocycles. The van der Waals surface area contributed by atoms with Crippen molar-refractivity contribution in [3.63, 3.8) is 0 Å². The summed E-state index contributed by atoms with van der Waals surface area (Å²) in [5, 5.41) is 12.3. The third kappa shape index (κ3) is 5.33. The van der Waals surface area contributed by atoms with Crippen LogP contribution in [0.1, 0.15) is 29.6 Å². The number of likely N-dealkylation sites (tertiary alicyclic amines) is 1. The minimum absolute atomic E-state index is 0.0262. The molecule has 0 aromatic heterocycles. The number of carboxylic acids is 1. The van der Waals surface area contributed by atoms with E-state index < -0.39 is 5.97 Å². The van der Waals surface area contributed by atoms with Gasteiger partial charge in [-0.2, -0.15) is 0 Å². The van der Waals surface area contributed by atoms with Crippen molar-refractivity contribution in [2.75, 3.05) is 32.0 Å². The second-order valence-corrected chi connectivity index (χ2v) is 7.26. The van der Waals surface area contributed by atoms with Crippen LogP contribution in [0.25, 0.3) is 0 Å². The average molecular weight is 381 g/mol. The zero-order chi connectivity index (χ0) is 19.9. The van der Waals surface area contributed by atoms with Crippen molar-refractivity contribution >= 4 is 23.3 Å². The number of aliphatic carboxylic acids is 1. The van der Waals surface area contributed by atoms with E-state index in [1.54, 1.807) is 0 Å². The predicted octanol–water partition coefficient (Wildman–Crippen LogP) is 3.44. The molecule has 28 heavy (non-hydrogen) atoms. The first kappa shape index (κ1) is 19.9. The first-order valence-corrected chi connectivity index (χ1v) is 9.66. The van der Waals surface area contributed by atoms with Crippen LogP contribution in [0.15, 0.2) is 54.6 Å². The molecule has 0 spiro atoms. The van der Waals surface area contributed by atoms with Gasteiger partial charge in [-0.25, -0.2) is 0 Å². The van der Waals surface area contributed by atoms with Crippen molar-refractivity contribution in [1.29, 1.82) is 0 Å². The third-order valence-electron chi connectivity index (χ3n) is 5.16. The Labute approximate surface area is 165 Å². The fourth-order valence-corrected chi connectivity index (χ4v) is 3.67. The smallest absolute Gasteiger partial charge is 0.317 e. The number of rotatable bonds is 6. The Morgan fingerprint density at radius 3 is 2.57 bits per heavy atom. The SMILES string of the molecule is CN(CC(=O)O)C1CCCN(C(=O)c2cccc(Nc3ccccc3)c2)CC1. The van der Waals surface area contributed by atoms with Gasteiger partial charge in [0.2, 0.25) is 0 Å². The van der Waals surface area contributed by atoms with Crippen molar-refractivity contribution in [2.24, 2.45) is 0 Å². The number of amides is 1. The maximum Gasteiger partial charge on any atom is 0.317 e. The summed E-state index contributed by atoms with van der Waals surface area (Å²) in [5.41, 5.74) is 2.52. The number of carboxylic acid groups (broad SMARTS) is 1. The van der Waals surface area contributed by atoms with Crippen molar-refractivity contribution < 1.29 is 14.7 Å². The molecule has 148 valence electrons. The molecule has 0 bridgehead atoms. The zero-order valence-corrected chi connectivity index (χ0v) is 16.2. The van der Waals surface area contributed by atoms with Crippen LogP contribution in [0.5, 0.6) is 0 Å². The number of hydrogen-bond donors (Lipinski definition) is 2. The number of carbonyl (C=O) groups excluding carboxylic acids is 1. The van der Waals surface area contributed by atoms with Crippen molar-refractivity contribution in [3.05, 3.63) is 60.2 Å². The minimum Gasteiger partial charge on any atom is -0.480 e. The van der Waals surface area contributed by atoms with E-state index in [2.05, 4.69) is 5.32 Å². The molecule has 2 aromatic carbocycles. The summed E-state index contributed by atoms with van der Waals surface area (Å²) >= 11 is 0. The van der Waals surface area contributed by atoms with Gasteiger partial charge >= 0.3 is 5.97 Å². The zero-order valence-electron chi connectivity index (χ0n) is 16.2. The fraction of sp³-hybridized carbons (Fsp3) is 0.364. The average Bonchev–Trinajstić information content (AvgIpc) is 2.94. The summed E-state index contributed by atoms with van der Waals surface area (Å²) in [6.07, 6.45) is 2.57. The summed E-state index contributed by atoms with van der Waals surface area (Å²) in [7, 11) is 1.84. The summed E-state index contributed by atoms with van der Waals surface area (Å²) in [5.74, 6) is -0.791. The van der Waals surface area contributed by atoms with E-state index in [0.29, 0.717) is 18.7 Å². The number of nitrogens with one attached hydrogen (secondary N) is 1. The standard InChI is InChI=1S/C22H27N3O3/c1-24(16-21(26)27)20-11-6-13-25(14-12-20)22(28)17-7-5-10-19(15-17)23-18-8-3-2-4-9-18/h2-5,7-10,15,20,23H,6,11-14,16H2,1H3,(H,26,27). The number of carbonyl (C=O) groups is 2. The largest absolute Gasteiger partial charge is 0.480 e. The van der Waals surface area contributed by atoms with Crippen LogP contribution in [-0.2, 0) is 4.79 Å². The number of hydrogen-bond acceptors (Lipinski definition) is 4. The highest BCUT2D eigenvalue weighted by molar-refractivity contribution is 5.95. The lowest BCUT2D eigenvalue weighted by Crippen LogP contribution is -2.37. The van der Waals surface area contributed by atoms with Gasteiger partial charge in [0, 0.05) is 36.1 Å². The van der Waals surface area contributed by atoms with Gasteiger partial charge in [-0.1, -0.05) is 24.3 Å². The lowest BCUT2D eigenvalue weighted by Gasteiger charge is -2.25. The monoisotopic (exact) mass is 381 g/mol. The fourth-order valence-electron chi connectivity index (χ4n) is 3.67. The van der Waals surface area contributed by atoms with E-state index in [1.165, 1.54) is 0 Å². The van der Waals surface area contributed by atoms with E-state index >= 15 is 0 Å². The van der Waals surface area contributed by atoms with E-state index in [1.807, 2.05) is 71.4 Å². The van der Waals surface area contributed by atoms with Crippen LogP contribution in [0.4, 0.5) is 11.4 Å². The van der Waals surface area contributed by atoms with Crippen molar-refractivity contribution in [3.8, 4) is 0 Å². The lowest BCUT2D eigenvalue weighted by atomic mass is 10.1. The van der Waals surface area contributed by atoms with Crippen molar-refractivity contribution in [2.45, 2.75) is 25.3 Å². The Bertz CT molecular complexity index is 810. The van der Waals surface area contributed by atoms with Crippen LogP contribution < -0.4 is 5.32 Å². The highest BCUT2D eigenvalue weighted by Gasteiger charge is 2.24. The number of benzene rings is 2. The second-order valence-electron chi connectivity index (χ2n) is 7.26. The van der Waals surface area contributed by atoms with Crippen LogP contribution in [-0.4, -0.2) is 59.5 Å². The highest BCUT2D eigenvalue weighted by atomic mass is 16.4. The van der Waals surface area contributed by atoms with Gasteiger partial charge in [-0.3, -0.25) is 14.5 Å². The summed E-state index contributed by atoms with van der Waals surface area (Å²) < 4.78 is 0. The van der Waals surface area contributed by atoms with Crippen LogP contribution in [0, 0.1) is 0 Å². The van der Waals surface area contributed by atoms with E-state index in [4.69, 9.17) is 5.11 Å². The van der Waals surface area contributed by atoms with Gasteiger partial charge in [0.1, 0.15) is 0 Å². The molecule has 1 fully saturated rings. The molecular weight excluding hydrogens is 354 g/mol. The Morgan fingerprint density at radius 2 is 1.82 bits per heavy atom. The van der Waals surface area contributed by atoms with Gasteiger partial charge in [0.05, 0.1) is 6.54 Å². The van der Waals surface area contributed by atoms with Gasteiger partial charge in [-0.05, 0) is 56.6 Å². The van der Waals surface area contributed by atoms with E-state index in [0.717, 1.165) is 30.6 Å². The Hall–Kier alpha value is -2.86. The van der Waals surface area contributed by atoms with Crippen LogP contribution in [0.3, 0.4) is 0 Å².